The Morgan fingerprint density at radius 2 is 1.68 bits per heavy atom. The third-order valence-corrected chi connectivity index (χ3v) is 5.30. The van der Waals surface area contributed by atoms with Crippen LogP contribution in [0.4, 0.5) is 10.7 Å². The number of nitrogens with one attached hydrogen (secondary N) is 2. The van der Waals surface area contributed by atoms with E-state index in [2.05, 4.69) is 10.6 Å². The Morgan fingerprint density at radius 1 is 0.968 bits per heavy atom. The standard InChI is InChI=1S/C23H22N2O5S/c1-3-29-23(28)21-15(2)13-20(31-21)25-19(26)14-30-18-12-8-7-11-17(18)22(27)24-16-9-5-4-6-10-16/h4-13H,3,14H2,1-2H3,(H,24,27)(H,25,26). The lowest BCUT2D eigenvalue weighted by Crippen LogP contribution is -2.21. The van der Waals surface area contributed by atoms with Gasteiger partial charge in [-0.25, -0.2) is 4.79 Å². The molecule has 8 heteroatoms. The van der Waals surface area contributed by atoms with Crippen molar-refractivity contribution in [3.63, 3.8) is 0 Å². The molecule has 7 nitrogen and oxygen atoms in total. The first-order valence-electron chi connectivity index (χ1n) is 9.63. The SMILES string of the molecule is CCOC(=O)c1sc(NC(=O)COc2ccccc2C(=O)Nc2ccccc2)cc1C. The molecule has 0 radical (unpaired) electrons. The Hall–Kier alpha value is -3.65. The largest absolute Gasteiger partial charge is 0.483 e. The number of amides is 2. The molecule has 0 atom stereocenters. The summed E-state index contributed by atoms with van der Waals surface area (Å²) in [6, 6.07) is 17.5. The predicted molar refractivity (Wildman–Crippen MR) is 120 cm³/mol. The van der Waals surface area contributed by atoms with Crippen LogP contribution < -0.4 is 15.4 Å². The molecule has 0 unspecified atom stereocenters. The molecular weight excluding hydrogens is 416 g/mol. The topological polar surface area (TPSA) is 93.7 Å². The summed E-state index contributed by atoms with van der Waals surface area (Å²) in [5.41, 5.74) is 1.70. The van der Waals surface area contributed by atoms with Crippen molar-refractivity contribution in [3.8, 4) is 5.75 Å². The predicted octanol–water partition coefficient (Wildman–Crippen LogP) is 4.50. The number of ether oxygens (including phenoxy) is 2. The summed E-state index contributed by atoms with van der Waals surface area (Å²) in [5, 5.41) is 6.02. The van der Waals surface area contributed by atoms with Gasteiger partial charge in [-0.3, -0.25) is 9.59 Å². The number of hydrogen-bond donors (Lipinski definition) is 2. The lowest BCUT2D eigenvalue weighted by atomic mass is 10.2. The zero-order valence-electron chi connectivity index (χ0n) is 17.1. The van der Waals surface area contributed by atoms with Gasteiger partial charge in [0.2, 0.25) is 0 Å². The van der Waals surface area contributed by atoms with Crippen LogP contribution in [0, 0.1) is 6.92 Å². The van der Waals surface area contributed by atoms with Gasteiger partial charge in [-0.1, -0.05) is 30.3 Å². The van der Waals surface area contributed by atoms with Gasteiger partial charge in [0.15, 0.2) is 6.61 Å². The minimum atomic E-state index is -0.417. The summed E-state index contributed by atoms with van der Waals surface area (Å²) in [4.78, 5) is 37.3. The molecule has 0 fully saturated rings. The fourth-order valence-electron chi connectivity index (χ4n) is 2.76. The normalized spacial score (nSPS) is 10.3. The van der Waals surface area contributed by atoms with Crippen LogP contribution in [0.15, 0.2) is 60.7 Å². The van der Waals surface area contributed by atoms with Crippen LogP contribution in [-0.4, -0.2) is 31.0 Å². The van der Waals surface area contributed by atoms with Gasteiger partial charge in [0.1, 0.15) is 10.6 Å². The maximum absolute atomic E-state index is 12.6. The molecule has 3 aromatic rings. The van der Waals surface area contributed by atoms with Gasteiger partial charge in [0, 0.05) is 5.69 Å². The molecule has 160 valence electrons. The number of carbonyl (C=O) groups excluding carboxylic acids is 3. The van der Waals surface area contributed by atoms with Crippen LogP contribution in [-0.2, 0) is 9.53 Å². The molecule has 1 aromatic heterocycles. The molecule has 0 bridgehead atoms. The number of para-hydroxylation sites is 2. The number of thiophene rings is 1. The third kappa shape index (κ3) is 5.93. The summed E-state index contributed by atoms with van der Waals surface area (Å²) >= 11 is 1.14. The molecule has 1 heterocycles. The number of rotatable bonds is 8. The Morgan fingerprint density at radius 3 is 2.42 bits per heavy atom. The molecule has 2 N–H and O–H groups in total. The highest BCUT2D eigenvalue weighted by atomic mass is 32.1. The van der Waals surface area contributed by atoms with Crippen LogP contribution in [0.1, 0.15) is 32.5 Å². The number of aryl methyl sites for hydroxylation is 1. The van der Waals surface area contributed by atoms with E-state index in [1.807, 2.05) is 18.2 Å². The maximum atomic E-state index is 12.6. The van der Waals surface area contributed by atoms with E-state index >= 15 is 0 Å². The zero-order valence-corrected chi connectivity index (χ0v) is 18.0. The first-order chi connectivity index (χ1) is 15.0. The van der Waals surface area contributed by atoms with Gasteiger partial charge in [-0.15, -0.1) is 11.3 Å². The summed E-state index contributed by atoms with van der Waals surface area (Å²) in [6.07, 6.45) is 0. The van der Waals surface area contributed by atoms with E-state index in [9.17, 15) is 14.4 Å². The Labute approximate surface area is 184 Å². The number of esters is 1. The van der Waals surface area contributed by atoms with Crippen molar-refractivity contribution in [2.75, 3.05) is 23.8 Å². The monoisotopic (exact) mass is 438 g/mol. The molecular formula is C23H22N2O5S. The molecule has 2 aromatic carbocycles. The highest BCUT2D eigenvalue weighted by molar-refractivity contribution is 7.18. The van der Waals surface area contributed by atoms with E-state index in [1.54, 1.807) is 56.3 Å². The molecule has 3 rings (SSSR count). The molecule has 0 aliphatic heterocycles. The van der Waals surface area contributed by atoms with Crippen molar-refractivity contribution in [3.05, 3.63) is 76.7 Å². The second-order valence-electron chi connectivity index (χ2n) is 6.50. The van der Waals surface area contributed by atoms with Crippen molar-refractivity contribution in [1.82, 2.24) is 0 Å². The van der Waals surface area contributed by atoms with Crippen LogP contribution in [0.2, 0.25) is 0 Å². The van der Waals surface area contributed by atoms with Gasteiger partial charge in [0.05, 0.1) is 17.2 Å². The lowest BCUT2D eigenvalue weighted by molar-refractivity contribution is -0.118. The van der Waals surface area contributed by atoms with Crippen LogP contribution in [0.25, 0.3) is 0 Å². The van der Waals surface area contributed by atoms with Crippen molar-refractivity contribution >= 4 is 39.8 Å². The van der Waals surface area contributed by atoms with Gasteiger partial charge < -0.3 is 20.1 Å². The van der Waals surface area contributed by atoms with E-state index in [1.165, 1.54) is 0 Å². The van der Waals surface area contributed by atoms with E-state index in [0.717, 1.165) is 16.9 Å². The number of carbonyl (C=O) groups is 3. The van der Waals surface area contributed by atoms with Gasteiger partial charge in [0.25, 0.3) is 11.8 Å². The van der Waals surface area contributed by atoms with Gasteiger partial charge >= 0.3 is 5.97 Å². The Bertz CT molecular complexity index is 1080. The number of anilines is 2. The molecule has 2 amide bonds. The molecule has 0 saturated carbocycles. The zero-order chi connectivity index (χ0) is 22.2. The quantitative estimate of drug-likeness (QED) is 0.505. The minimum absolute atomic E-state index is 0.281. The van der Waals surface area contributed by atoms with Crippen molar-refractivity contribution < 1.29 is 23.9 Å². The van der Waals surface area contributed by atoms with E-state index in [0.29, 0.717) is 26.9 Å². The average Bonchev–Trinajstić information content (AvgIpc) is 3.13. The van der Waals surface area contributed by atoms with E-state index in [4.69, 9.17) is 9.47 Å². The summed E-state index contributed by atoms with van der Waals surface area (Å²) in [5.74, 6) is -0.870. The first kappa shape index (κ1) is 22.0. The summed E-state index contributed by atoms with van der Waals surface area (Å²) < 4.78 is 10.6. The van der Waals surface area contributed by atoms with Crippen LogP contribution >= 0.6 is 11.3 Å². The number of hydrogen-bond acceptors (Lipinski definition) is 6. The lowest BCUT2D eigenvalue weighted by Gasteiger charge is -2.11. The Balaban J connectivity index is 1.61. The van der Waals surface area contributed by atoms with Gasteiger partial charge in [-0.05, 0) is 49.7 Å². The average molecular weight is 439 g/mol. The molecule has 0 saturated heterocycles. The van der Waals surface area contributed by atoms with Gasteiger partial charge in [-0.2, -0.15) is 0 Å². The Kier molecular flexibility index (Phi) is 7.40. The summed E-state index contributed by atoms with van der Waals surface area (Å²) in [6.45, 7) is 3.50. The minimum Gasteiger partial charge on any atom is -0.483 e. The molecule has 31 heavy (non-hydrogen) atoms. The van der Waals surface area contributed by atoms with E-state index in [-0.39, 0.29) is 19.1 Å². The smallest absolute Gasteiger partial charge is 0.348 e. The second kappa shape index (κ2) is 10.4. The molecule has 0 spiro atoms. The summed E-state index contributed by atoms with van der Waals surface area (Å²) in [7, 11) is 0. The van der Waals surface area contributed by atoms with Crippen LogP contribution in [0.5, 0.6) is 5.75 Å². The highest BCUT2D eigenvalue weighted by Gasteiger charge is 2.17. The number of benzene rings is 2. The third-order valence-electron chi connectivity index (χ3n) is 4.16. The van der Waals surface area contributed by atoms with Crippen LogP contribution in [0.3, 0.4) is 0 Å². The fraction of sp³-hybridized carbons (Fsp3) is 0.174. The van der Waals surface area contributed by atoms with Crippen molar-refractivity contribution in [2.24, 2.45) is 0 Å². The maximum Gasteiger partial charge on any atom is 0.348 e. The molecule has 0 aliphatic rings. The van der Waals surface area contributed by atoms with Crippen molar-refractivity contribution in [2.45, 2.75) is 13.8 Å². The van der Waals surface area contributed by atoms with E-state index < -0.39 is 11.9 Å². The molecule has 0 aliphatic carbocycles. The fourth-order valence-corrected chi connectivity index (χ4v) is 3.74. The highest BCUT2D eigenvalue weighted by Crippen LogP contribution is 2.27. The first-order valence-corrected chi connectivity index (χ1v) is 10.4. The van der Waals surface area contributed by atoms with Crippen molar-refractivity contribution in [1.29, 1.82) is 0 Å². The second-order valence-corrected chi connectivity index (χ2v) is 7.55.